The molecule has 38 heavy (non-hydrogen) atoms. The number of rotatable bonds is 4. The van der Waals surface area contributed by atoms with E-state index in [2.05, 4.69) is 0 Å². The molecule has 1 aliphatic heterocycles. The predicted octanol–water partition coefficient (Wildman–Crippen LogP) is 2.35. The van der Waals surface area contributed by atoms with Gasteiger partial charge in [0.15, 0.2) is 11.6 Å². The first-order valence-corrected chi connectivity index (χ1v) is 12.8. The van der Waals surface area contributed by atoms with Gasteiger partial charge in [0.1, 0.15) is 35.6 Å². The molecule has 0 aromatic heterocycles. The molecule has 10 heteroatoms. The zero-order chi connectivity index (χ0) is 27.3. The number of aromatic hydroxyl groups is 1. The summed E-state index contributed by atoms with van der Waals surface area (Å²) in [7, 11) is 0. The Labute approximate surface area is 218 Å². The van der Waals surface area contributed by atoms with E-state index in [9.17, 15) is 34.8 Å². The number of aliphatic hydroxyl groups excluding tert-OH is 3. The number of fused-ring (bicyclic) bond motifs is 2. The highest BCUT2D eigenvalue weighted by atomic mass is 16.7. The average Bonchev–Trinajstić information content (AvgIpc) is 2.89. The maximum Gasteiger partial charge on any atom is 0.308 e. The molecule has 2 aromatic carbocycles. The molecule has 202 valence electrons. The fraction of sp³-hybridized carbons (Fsp3) is 0.464. The van der Waals surface area contributed by atoms with Gasteiger partial charge in [-0.3, -0.25) is 14.4 Å². The van der Waals surface area contributed by atoms with E-state index >= 15 is 0 Å². The van der Waals surface area contributed by atoms with Gasteiger partial charge in [-0.15, -0.1) is 0 Å². The van der Waals surface area contributed by atoms with Crippen molar-refractivity contribution >= 4 is 17.5 Å². The second-order valence-corrected chi connectivity index (χ2v) is 10.2. The van der Waals surface area contributed by atoms with Crippen molar-refractivity contribution in [3.05, 3.63) is 52.1 Å². The van der Waals surface area contributed by atoms with E-state index in [-0.39, 0.29) is 45.4 Å². The monoisotopic (exact) mass is 526 g/mol. The van der Waals surface area contributed by atoms with Crippen LogP contribution in [0.1, 0.15) is 89.3 Å². The molecule has 1 heterocycles. The van der Waals surface area contributed by atoms with Crippen LogP contribution in [0.4, 0.5) is 0 Å². The van der Waals surface area contributed by atoms with Crippen molar-refractivity contribution in [2.45, 2.75) is 82.6 Å². The van der Waals surface area contributed by atoms with Gasteiger partial charge in [-0.05, 0) is 49.9 Å². The van der Waals surface area contributed by atoms with Gasteiger partial charge in [0.2, 0.25) is 6.29 Å². The van der Waals surface area contributed by atoms with Crippen molar-refractivity contribution in [3.8, 4) is 17.2 Å². The number of aliphatic hydroxyl groups is 3. The lowest BCUT2D eigenvalue weighted by Gasteiger charge is -2.39. The molecule has 0 spiro atoms. The number of carbonyl (C=O) groups is 3. The summed E-state index contributed by atoms with van der Waals surface area (Å²) in [5, 5.41) is 42.3. The van der Waals surface area contributed by atoms with E-state index in [1.165, 1.54) is 38.1 Å². The van der Waals surface area contributed by atoms with E-state index in [4.69, 9.17) is 14.2 Å². The normalized spacial score (nSPS) is 27.4. The number of phenols is 1. The highest BCUT2D eigenvalue weighted by molar-refractivity contribution is 6.29. The molecule has 10 nitrogen and oxygen atoms in total. The Bertz CT molecular complexity index is 1300. The summed E-state index contributed by atoms with van der Waals surface area (Å²) in [5.74, 6) is -2.10. The van der Waals surface area contributed by atoms with Gasteiger partial charge in [-0.1, -0.05) is 19.3 Å². The molecule has 1 saturated heterocycles. The lowest BCUT2D eigenvalue weighted by Crippen LogP contribution is -2.58. The molecular weight excluding hydrogens is 496 g/mol. The van der Waals surface area contributed by atoms with E-state index in [1.54, 1.807) is 0 Å². The summed E-state index contributed by atoms with van der Waals surface area (Å²) in [6, 6.07) is 5.47. The summed E-state index contributed by atoms with van der Waals surface area (Å²) < 4.78 is 16.7. The minimum Gasteiger partial charge on any atom is -0.507 e. The van der Waals surface area contributed by atoms with Crippen LogP contribution in [-0.2, 0) is 9.53 Å². The third-order valence-corrected chi connectivity index (χ3v) is 7.58. The molecule has 0 bridgehead atoms. The minimum absolute atomic E-state index is 0.0122. The van der Waals surface area contributed by atoms with E-state index in [0.29, 0.717) is 5.56 Å². The molecule has 5 unspecified atom stereocenters. The lowest BCUT2D eigenvalue weighted by molar-refractivity contribution is -0.268. The van der Waals surface area contributed by atoms with Gasteiger partial charge in [-0.2, -0.15) is 0 Å². The summed E-state index contributed by atoms with van der Waals surface area (Å²) >= 11 is 0. The fourth-order valence-corrected chi connectivity index (χ4v) is 5.61. The Morgan fingerprint density at radius 3 is 2.32 bits per heavy atom. The van der Waals surface area contributed by atoms with Crippen LogP contribution in [0.2, 0.25) is 0 Å². The molecule has 2 fully saturated rings. The van der Waals surface area contributed by atoms with Crippen LogP contribution < -0.4 is 9.47 Å². The SMILES string of the molecule is CC(=O)Oc1ccc2c(c1)C(=O)c1cc(OC3OC(C)C(O)C(O)C3O)c(C3CCCCC3)c(O)c1C2=O. The minimum atomic E-state index is -1.61. The van der Waals surface area contributed by atoms with Crippen LogP contribution in [-0.4, -0.2) is 68.7 Å². The number of esters is 1. The van der Waals surface area contributed by atoms with Crippen LogP contribution in [0.5, 0.6) is 17.2 Å². The maximum atomic E-state index is 13.6. The Kier molecular flexibility index (Phi) is 6.99. The Hall–Kier alpha value is -3.31. The highest BCUT2D eigenvalue weighted by Gasteiger charge is 2.44. The Balaban J connectivity index is 1.62. The van der Waals surface area contributed by atoms with Crippen molar-refractivity contribution in [2.75, 3.05) is 0 Å². The molecule has 0 amide bonds. The zero-order valence-electron chi connectivity index (χ0n) is 21.0. The summed E-state index contributed by atoms with van der Waals surface area (Å²) in [6.07, 6.45) is -2.47. The van der Waals surface area contributed by atoms with Crippen LogP contribution >= 0.6 is 0 Å². The second kappa shape index (κ2) is 10.1. The Morgan fingerprint density at radius 2 is 1.63 bits per heavy atom. The first-order chi connectivity index (χ1) is 18.1. The largest absolute Gasteiger partial charge is 0.507 e. The van der Waals surface area contributed by atoms with E-state index in [0.717, 1.165) is 32.1 Å². The van der Waals surface area contributed by atoms with Crippen molar-refractivity contribution in [3.63, 3.8) is 0 Å². The predicted molar refractivity (Wildman–Crippen MR) is 132 cm³/mol. The lowest BCUT2D eigenvalue weighted by atomic mass is 9.77. The number of benzene rings is 2. The molecule has 5 rings (SSSR count). The Morgan fingerprint density at radius 1 is 0.921 bits per heavy atom. The molecule has 2 aromatic rings. The smallest absolute Gasteiger partial charge is 0.308 e. The molecule has 5 atom stereocenters. The first kappa shape index (κ1) is 26.3. The standard InChI is InChI=1S/C28H30O10/c1-12-22(30)26(34)27(35)28(36-12)38-19-11-18-21(25(33)20(19)14-6-4-3-5-7-14)24(32)16-9-8-15(37-13(2)29)10-17(16)23(18)31/h8-12,14,22,26-28,30,33-35H,3-7H2,1-2H3. The van der Waals surface area contributed by atoms with Crippen molar-refractivity contribution in [1.82, 2.24) is 0 Å². The van der Waals surface area contributed by atoms with Gasteiger partial charge < -0.3 is 34.6 Å². The average molecular weight is 527 g/mol. The van der Waals surface area contributed by atoms with E-state index < -0.39 is 48.2 Å². The first-order valence-electron chi connectivity index (χ1n) is 12.8. The molecule has 0 radical (unpaired) electrons. The van der Waals surface area contributed by atoms with Crippen molar-refractivity contribution in [1.29, 1.82) is 0 Å². The summed E-state index contributed by atoms with van der Waals surface area (Å²) in [4.78, 5) is 38.5. The summed E-state index contributed by atoms with van der Waals surface area (Å²) in [6.45, 7) is 2.73. The highest BCUT2D eigenvalue weighted by Crippen LogP contribution is 2.48. The number of ketones is 2. The maximum absolute atomic E-state index is 13.6. The molecule has 1 saturated carbocycles. The number of hydrogen-bond donors (Lipinski definition) is 4. The molecular formula is C28H30O10. The molecule has 3 aliphatic rings. The molecule has 4 N–H and O–H groups in total. The van der Waals surface area contributed by atoms with Crippen LogP contribution in [0.15, 0.2) is 24.3 Å². The molecule has 2 aliphatic carbocycles. The van der Waals surface area contributed by atoms with E-state index in [1.807, 2.05) is 0 Å². The van der Waals surface area contributed by atoms with Gasteiger partial charge >= 0.3 is 5.97 Å². The van der Waals surface area contributed by atoms with Crippen molar-refractivity contribution < 1.29 is 49.0 Å². The van der Waals surface area contributed by atoms with Crippen LogP contribution in [0, 0.1) is 0 Å². The third-order valence-electron chi connectivity index (χ3n) is 7.58. The zero-order valence-corrected chi connectivity index (χ0v) is 21.0. The van der Waals surface area contributed by atoms with Gasteiger partial charge in [-0.25, -0.2) is 0 Å². The van der Waals surface area contributed by atoms with Gasteiger partial charge in [0.25, 0.3) is 0 Å². The number of phenolic OH excluding ortho intramolecular Hbond substituents is 1. The number of hydrogen-bond acceptors (Lipinski definition) is 10. The van der Waals surface area contributed by atoms with Crippen molar-refractivity contribution in [2.24, 2.45) is 0 Å². The third kappa shape index (κ3) is 4.47. The number of ether oxygens (including phenoxy) is 3. The summed E-state index contributed by atoms with van der Waals surface area (Å²) in [5.41, 5.74) is 0.193. The quantitative estimate of drug-likeness (QED) is 0.293. The van der Waals surface area contributed by atoms with Gasteiger partial charge in [0.05, 0.1) is 11.7 Å². The fourth-order valence-electron chi connectivity index (χ4n) is 5.61. The number of carbonyl (C=O) groups excluding carboxylic acids is 3. The van der Waals surface area contributed by atoms with Crippen LogP contribution in [0.3, 0.4) is 0 Å². The van der Waals surface area contributed by atoms with Crippen LogP contribution in [0.25, 0.3) is 0 Å². The topological polar surface area (TPSA) is 160 Å². The second-order valence-electron chi connectivity index (χ2n) is 10.2. The van der Waals surface area contributed by atoms with Gasteiger partial charge in [0, 0.05) is 29.2 Å².